The van der Waals surface area contributed by atoms with Gasteiger partial charge in [0.25, 0.3) is 0 Å². The third kappa shape index (κ3) is 2.78. The molecule has 0 aliphatic rings. The fraction of sp³-hybridized carbons (Fsp3) is 0.222. The number of carbonyl (C=O) groups is 1. The van der Waals surface area contributed by atoms with Gasteiger partial charge in [0.05, 0.1) is 12.2 Å². The van der Waals surface area contributed by atoms with Crippen molar-refractivity contribution in [2.75, 3.05) is 6.61 Å². The minimum Gasteiger partial charge on any atom is -0.462 e. The van der Waals surface area contributed by atoms with Crippen LogP contribution in [0.15, 0.2) is 12.1 Å². The first-order chi connectivity index (χ1) is 6.56. The Hall–Kier alpha value is 0.0800. The summed E-state index contributed by atoms with van der Waals surface area (Å²) in [6.45, 7) is 2.06. The average molecular weight is 420 g/mol. The maximum Gasteiger partial charge on any atom is 0.339 e. The van der Waals surface area contributed by atoms with Crippen LogP contribution in [0.2, 0.25) is 0 Å². The van der Waals surface area contributed by atoms with Gasteiger partial charge in [0.1, 0.15) is 5.82 Å². The van der Waals surface area contributed by atoms with Crippen LogP contribution in [0.4, 0.5) is 4.39 Å². The lowest BCUT2D eigenvalue weighted by atomic mass is 10.2. The molecular weight excluding hydrogens is 413 g/mol. The second-order valence-electron chi connectivity index (χ2n) is 2.47. The van der Waals surface area contributed by atoms with Gasteiger partial charge in [-0.15, -0.1) is 0 Å². The fourth-order valence-electron chi connectivity index (χ4n) is 0.888. The van der Waals surface area contributed by atoms with Gasteiger partial charge in [0.15, 0.2) is 0 Å². The number of benzene rings is 1. The summed E-state index contributed by atoms with van der Waals surface area (Å²) in [6, 6.07) is 2.82. The molecule has 0 amide bonds. The standard InChI is InChI=1S/C9H7FI2O2/c1-2-14-9(13)5-3-8(12)6(10)4-7(5)11/h3-4H,2H2,1H3. The van der Waals surface area contributed by atoms with Gasteiger partial charge in [0, 0.05) is 7.14 Å². The van der Waals surface area contributed by atoms with Gasteiger partial charge in [0.2, 0.25) is 0 Å². The molecular formula is C9H7FI2O2. The number of hydrogen-bond acceptors (Lipinski definition) is 2. The fourth-order valence-corrected chi connectivity index (χ4v) is 2.00. The molecule has 14 heavy (non-hydrogen) atoms. The molecule has 0 spiro atoms. The number of esters is 1. The predicted octanol–water partition coefficient (Wildman–Crippen LogP) is 3.21. The summed E-state index contributed by atoms with van der Waals surface area (Å²) >= 11 is 3.76. The van der Waals surface area contributed by atoms with Crippen molar-refractivity contribution in [3.05, 3.63) is 30.7 Å². The summed E-state index contributed by atoms with van der Waals surface area (Å²) in [5.41, 5.74) is 0.415. The van der Waals surface area contributed by atoms with Crippen molar-refractivity contribution in [1.29, 1.82) is 0 Å². The van der Waals surface area contributed by atoms with E-state index < -0.39 is 5.97 Å². The molecule has 0 bridgehead atoms. The first-order valence-electron chi connectivity index (χ1n) is 3.88. The quantitative estimate of drug-likeness (QED) is 0.418. The second-order valence-corrected chi connectivity index (χ2v) is 4.79. The highest BCUT2D eigenvalue weighted by Gasteiger charge is 2.13. The van der Waals surface area contributed by atoms with E-state index in [4.69, 9.17) is 4.74 Å². The number of rotatable bonds is 2. The van der Waals surface area contributed by atoms with Crippen LogP contribution in [-0.2, 0) is 4.74 Å². The summed E-state index contributed by atoms with van der Waals surface area (Å²) in [4.78, 5) is 11.4. The van der Waals surface area contributed by atoms with Crippen molar-refractivity contribution >= 4 is 51.2 Å². The summed E-state index contributed by atoms with van der Waals surface area (Å²) < 4.78 is 18.9. The van der Waals surface area contributed by atoms with E-state index in [0.717, 1.165) is 0 Å². The third-order valence-electron chi connectivity index (χ3n) is 1.51. The first kappa shape index (κ1) is 12.2. The maximum atomic E-state index is 13.0. The summed E-state index contributed by atoms with van der Waals surface area (Å²) in [6.07, 6.45) is 0. The summed E-state index contributed by atoms with van der Waals surface area (Å²) in [7, 11) is 0. The molecule has 0 atom stereocenters. The number of halogens is 3. The first-order valence-corrected chi connectivity index (χ1v) is 6.03. The molecule has 0 radical (unpaired) electrons. The smallest absolute Gasteiger partial charge is 0.339 e. The molecule has 0 N–H and O–H groups in total. The van der Waals surface area contributed by atoms with E-state index in [1.54, 1.807) is 6.92 Å². The molecule has 0 aliphatic carbocycles. The van der Waals surface area contributed by atoms with Crippen LogP contribution in [-0.4, -0.2) is 12.6 Å². The van der Waals surface area contributed by atoms with E-state index in [9.17, 15) is 9.18 Å². The van der Waals surface area contributed by atoms with Gasteiger partial charge in [-0.2, -0.15) is 0 Å². The molecule has 0 unspecified atom stereocenters. The predicted molar refractivity (Wildman–Crippen MR) is 67.8 cm³/mol. The molecule has 0 saturated carbocycles. The lowest BCUT2D eigenvalue weighted by molar-refractivity contribution is 0.0525. The molecule has 5 heteroatoms. The molecule has 1 aromatic carbocycles. The molecule has 0 heterocycles. The van der Waals surface area contributed by atoms with E-state index >= 15 is 0 Å². The van der Waals surface area contributed by atoms with E-state index in [-0.39, 0.29) is 5.82 Å². The zero-order valence-corrected chi connectivity index (χ0v) is 11.6. The zero-order valence-electron chi connectivity index (χ0n) is 7.31. The minimum atomic E-state index is -0.408. The van der Waals surface area contributed by atoms with Crippen molar-refractivity contribution in [2.45, 2.75) is 6.92 Å². The van der Waals surface area contributed by atoms with Crippen LogP contribution < -0.4 is 0 Å². The van der Waals surface area contributed by atoms with Crippen LogP contribution in [0.3, 0.4) is 0 Å². The van der Waals surface area contributed by atoms with Gasteiger partial charge in [-0.3, -0.25) is 0 Å². The van der Waals surface area contributed by atoms with Crippen LogP contribution in [0.5, 0.6) is 0 Å². The Morgan fingerprint density at radius 2 is 2.07 bits per heavy atom. The SMILES string of the molecule is CCOC(=O)c1cc(I)c(F)cc1I. The van der Waals surface area contributed by atoms with Crippen molar-refractivity contribution in [2.24, 2.45) is 0 Å². The second kappa shape index (κ2) is 5.24. The molecule has 0 aliphatic heterocycles. The van der Waals surface area contributed by atoms with Crippen LogP contribution >= 0.6 is 45.2 Å². The van der Waals surface area contributed by atoms with Gasteiger partial charge in [-0.05, 0) is 64.2 Å². The Kier molecular flexibility index (Phi) is 4.55. The van der Waals surface area contributed by atoms with E-state index in [1.807, 2.05) is 45.2 Å². The lowest BCUT2D eigenvalue weighted by Gasteiger charge is -2.05. The van der Waals surface area contributed by atoms with Crippen LogP contribution in [0.1, 0.15) is 17.3 Å². The molecule has 76 valence electrons. The lowest BCUT2D eigenvalue weighted by Crippen LogP contribution is -2.07. The summed E-state index contributed by atoms with van der Waals surface area (Å²) in [5.74, 6) is -0.724. The van der Waals surface area contributed by atoms with Crippen LogP contribution in [0, 0.1) is 13.0 Å². The Morgan fingerprint density at radius 1 is 1.43 bits per heavy atom. The van der Waals surface area contributed by atoms with Gasteiger partial charge >= 0.3 is 5.97 Å². The number of ether oxygens (including phenoxy) is 1. The minimum absolute atomic E-state index is 0.317. The van der Waals surface area contributed by atoms with Crippen molar-refractivity contribution < 1.29 is 13.9 Å². The largest absolute Gasteiger partial charge is 0.462 e. The normalized spacial score (nSPS) is 10.0. The van der Waals surface area contributed by atoms with Gasteiger partial charge in [-0.1, -0.05) is 0 Å². The summed E-state index contributed by atoms with van der Waals surface area (Å²) in [5, 5.41) is 0. The molecule has 0 fully saturated rings. The third-order valence-corrected chi connectivity index (χ3v) is 3.22. The van der Waals surface area contributed by atoms with E-state index in [0.29, 0.717) is 19.3 Å². The highest BCUT2D eigenvalue weighted by molar-refractivity contribution is 14.1. The zero-order chi connectivity index (χ0) is 10.7. The van der Waals surface area contributed by atoms with Crippen molar-refractivity contribution in [1.82, 2.24) is 0 Å². The average Bonchev–Trinajstić information content (AvgIpc) is 2.11. The monoisotopic (exact) mass is 420 g/mol. The topological polar surface area (TPSA) is 26.3 Å². The van der Waals surface area contributed by atoms with Gasteiger partial charge < -0.3 is 4.74 Å². The Morgan fingerprint density at radius 3 is 2.64 bits per heavy atom. The molecule has 0 aromatic heterocycles. The molecule has 1 rings (SSSR count). The maximum absolute atomic E-state index is 13.0. The van der Waals surface area contributed by atoms with E-state index in [1.165, 1.54) is 12.1 Å². The highest BCUT2D eigenvalue weighted by atomic mass is 127. The highest BCUT2D eigenvalue weighted by Crippen LogP contribution is 2.20. The van der Waals surface area contributed by atoms with Crippen LogP contribution in [0.25, 0.3) is 0 Å². The Labute approximate surface area is 108 Å². The number of carbonyl (C=O) groups excluding carboxylic acids is 1. The Balaban J connectivity index is 3.09. The van der Waals surface area contributed by atoms with Crippen molar-refractivity contribution in [3.8, 4) is 0 Å². The molecule has 2 nitrogen and oxygen atoms in total. The molecule has 0 saturated heterocycles. The van der Waals surface area contributed by atoms with Crippen molar-refractivity contribution in [3.63, 3.8) is 0 Å². The number of hydrogen-bond donors (Lipinski definition) is 0. The van der Waals surface area contributed by atoms with Gasteiger partial charge in [-0.25, -0.2) is 9.18 Å². The Bertz CT molecular complexity index is 366. The molecule has 1 aromatic rings. The van der Waals surface area contributed by atoms with E-state index in [2.05, 4.69) is 0 Å².